The first-order valence-electron chi connectivity index (χ1n) is 36.2. The Balaban J connectivity index is 0.000000172. The summed E-state index contributed by atoms with van der Waals surface area (Å²) in [4.78, 5) is 84.6. The number of aryl methyl sites for hydroxylation is 4. The molecule has 0 saturated carbocycles. The number of amides is 7. The molecule has 4 aliphatic rings. The van der Waals surface area contributed by atoms with Crippen molar-refractivity contribution < 1.29 is 19.2 Å². The second-order valence-electron chi connectivity index (χ2n) is 28.1. The molecule has 4 aromatic heterocycles. The van der Waals surface area contributed by atoms with Crippen LogP contribution in [0.3, 0.4) is 0 Å². The number of hydrogen-bond acceptors (Lipinski definition) is 12. The zero-order valence-electron chi connectivity index (χ0n) is 61.7. The molecule has 19 nitrogen and oxygen atoms in total. The van der Waals surface area contributed by atoms with E-state index >= 15 is 0 Å². The monoisotopic (exact) mass is 1380 g/mol. The van der Waals surface area contributed by atoms with Gasteiger partial charge in [0, 0.05) is 147 Å². The van der Waals surface area contributed by atoms with Gasteiger partial charge in [0.1, 0.15) is 23.3 Å². The average molecular weight is 1380 g/mol. The van der Waals surface area contributed by atoms with E-state index < -0.39 is 0 Å². The second kappa shape index (κ2) is 38.1. The maximum atomic E-state index is 12.6. The molecular weight excluding hydrogens is 1270 g/mol. The number of hydrogen-bond donors (Lipinski definition) is 3. The molecule has 3 N–H and O–H groups in total. The van der Waals surface area contributed by atoms with Crippen LogP contribution in [0.25, 0.3) is 0 Å². The van der Waals surface area contributed by atoms with Crippen molar-refractivity contribution in [1.82, 2.24) is 39.5 Å². The van der Waals surface area contributed by atoms with E-state index in [4.69, 9.17) is 0 Å². The van der Waals surface area contributed by atoms with E-state index in [0.29, 0.717) is 62.8 Å². The lowest BCUT2D eigenvalue weighted by molar-refractivity contribution is -0.130. The van der Waals surface area contributed by atoms with Crippen molar-refractivity contribution in [3.8, 4) is 0 Å². The summed E-state index contributed by atoms with van der Waals surface area (Å²) in [5.41, 5.74) is 13.4. The van der Waals surface area contributed by atoms with Gasteiger partial charge in [-0.25, -0.2) is 34.3 Å². The van der Waals surface area contributed by atoms with Crippen molar-refractivity contribution in [3.63, 3.8) is 0 Å². The lowest BCUT2D eigenvalue weighted by atomic mass is 10.0. The van der Waals surface area contributed by atoms with Crippen molar-refractivity contribution in [3.05, 3.63) is 220 Å². The quantitative estimate of drug-likeness (QED) is 0.0995. The fourth-order valence-corrected chi connectivity index (χ4v) is 12.2. The predicted octanol–water partition coefficient (Wildman–Crippen LogP) is 16.0. The third kappa shape index (κ3) is 23.3. The van der Waals surface area contributed by atoms with Gasteiger partial charge >= 0.3 is 18.1 Å². The van der Waals surface area contributed by atoms with Gasteiger partial charge in [-0.1, -0.05) is 148 Å². The SMILES string of the molecule is C.Cc1ccc(N2CCCN(C(=O)Nc3ccc(C(C)C)cc3)CC2)nc1.Cc1ccc(N2CCN(C(=O)Cc3ccc(C(C)C)cc3)CC2)nc1.Cc1ccc(N2CCN(C(=O)Nc3ccc(C(C)C)cc3)CC2)nc1.Cc1ccc(N2CCN(C(=O)Nc3ccc(C(C)C)cc3)CC2)nc1. The molecule has 19 heteroatoms. The van der Waals surface area contributed by atoms with Gasteiger partial charge in [-0.3, -0.25) is 4.79 Å². The Morgan fingerprint density at radius 1 is 0.314 bits per heavy atom. The minimum absolute atomic E-state index is 0. The molecule has 0 radical (unpaired) electrons. The number of pyridine rings is 4. The minimum Gasteiger partial charge on any atom is -0.355 e. The van der Waals surface area contributed by atoms with Crippen molar-refractivity contribution in [2.24, 2.45) is 0 Å². The lowest BCUT2D eigenvalue weighted by Crippen LogP contribution is -2.50. The summed E-state index contributed by atoms with van der Waals surface area (Å²) < 4.78 is 0. The summed E-state index contributed by atoms with van der Waals surface area (Å²) in [6.45, 7) is 37.9. The molecule has 0 bridgehead atoms. The molecule has 0 spiro atoms. The van der Waals surface area contributed by atoms with E-state index in [0.717, 1.165) is 141 Å². The second-order valence-corrected chi connectivity index (χ2v) is 28.1. The first kappa shape index (κ1) is 77.7. The zero-order chi connectivity index (χ0) is 72.0. The molecule has 4 aromatic carbocycles. The molecule has 4 fully saturated rings. The van der Waals surface area contributed by atoms with Crippen LogP contribution < -0.4 is 35.6 Å². The van der Waals surface area contributed by atoms with Crippen molar-refractivity contribution in [2.45, 2.75) is 127 Å². The lowest BCUT2D eigenvalue weighted by Gasteiger charge is -2.35. The van der Waals surface area contributed by atoms with Gasteiger partial charge in [-0.05, 0) is 169 Å². The van der Waals surface area contributed by atoms with Crippen LogP contribution in [0.2, 0.25) is 0 Å². The highest BCUT2D eigenvalue weighted by Gasteiger charge is 2.26. The highest BCUT2D eigenvalue weighted by atomic mass is 16.2. The zero-order valence-corrected chi connectivity index (χ0v) is 61.7. The number of carbonyl (C=O) groups excluding carboxylic acids is 4. The molecule has 12 rings (SSSR count). The van der Waals surface area contributed by atoms with Crippen molar-refractivity contribution in [1.29, 1.82) is 0 Å². The van der Waals surface area contributed by atoms with Gasteiger partial charge in [0.2, 0.25) is 5.91 Å². The van der Waals surface area contributed by atoms with E-state index in [-0.39, 0.29) is 31.4 Å². The standard InChI is InChI=1S/C21H28N4O.C21H27N3O.2C20H26N4O.CH4/c1-16(2)18-6-8-19(9-7-18)23-21(26)25-12-4-11-24(13-14-25)20-10-5-17(3)15-22-20;1-16(2)19-7-5-18(6-8-19)14-21(25)24-12-10-23(11-13-24)20-9-4-17(3)15-22-20;2*1-15(2)17-5-7-18(8-6-17)22-20(25)24-12-10-23(11-13-24)19-9-4-16(3)14-21-19;/h5-10,15-16H,4,11-14H2,1-3H3,(H,23,26);4-9,15-16H,10-14H2,1-3H3;2*4-9,14-15H,10-13H2,1-3H3,(H,22,25);1H4. The number of carbonyl (C=O) groups is 4. The third-order valence-corrected chi connectivity index (χ3v) is 18.9. The summed E-state index contributed by atoms with van der Waals surface area (Å²) in [5.74, 6) is 6.17. The molecule has 0 aliphatic carbocycles. The first-order valence-corrected chi connectivity index (χ1v) is 36.2. The third-order valence-electron chi connectivity index (χ3n) is 18.9. The van der Waals surface area contributed by atoms with E-state index in [1.807, 2.05) is 121 Å². The van der Waals surface area contributed by atoms with E-state index in [1.165, 1.54) is 27.8 Å². The Kier molecular flexibility index (Phi) is 29.0. The van der Waals surface area contributed by atoms with E-state index in [2.05, 4.69) is 208 Å². The van der Waals surface area contributed by atoms with Gasteiger partial charge in [0.15, 0.2) is 0 Å². The largest absolute Gasteiger partial charge is 0.355 e. The van der Waals surface area contributed by atoms with Gasteiger partial charge in [0.05, 0.1) is 6.42 Å². The summed E-state index contributed by atoms with van der Waals surface area (Å²) in [5, 5.41) is 9.01. The molecule has 102 heavy (non-hydrogen) atoms. The maximum absolute atomic E-state index is 12.6. The number of aromatic nitrogens is 4. The van der Waals surface area contributed by atoms with E-state index in [1.54, 1.807) is 0 Å². The molecule has 4 saturated heterocycles. The number of nitrogens with zero attached hydrogens (tertiary/aromatic N) is 12. The van der Waals surface area contributed by atoms with Crippen LogP contribution in [0.15, 0.2) is 170 Å². The van der Waals surface area contributed by atoms with Crippen LogP contribution >= 0.6 is 0 Å². The predicted molar refractivity (Wildman–Crippen MR) is 420 cm³/mol. The first-order chi connectivity index (χ1) is 48.6. The Labute approximate surface area is 607 Å². The van der Waals surface area contributed by atoms with Crippen molar-refractivity contribution >= 4 is 64.3 Å². The fraction of sp³-hybridized carbons (Fsp3) is 0.422. The number of rotatable bonds is 13. The number of piperazine rings is 3. The van der Waals surface area contributed by atoms with Crippen molar-refractivity contribution in [2.75, 3.05) is 140 Å². The summed E-state index contributed by atoms with van der Waals surface area (Å²) in [6.07, 6.45) is 8.99. The Bertz CT molecular complexity index is 3550. The van der Waals surface area contributed by atoms with Gasteiger partial charge in [-0.15, -0.1) is 0 Å². The van der Waals surface area contributed by atoms with Gasteiger partial charge in [-0.2, -0.15) is 0 Å². The van der Waals surface area contributed by atoms with Crippen LogP contribution in [0.5, 0.6) is 0 Å². The van der Waals surface area contributed by atoms with Crippen LogP contribution in [-0.4, -0.2) is 168 Å². The van der Waals surface area contributed by atoms with Crippen LogP contribution in [0.1, 0.15) is 143 Å². The topological polar surface area (TPSA) is 182 Å². The number of anilines is 7. The highest BCUT2D eigenvalue weighted by Crippen LogP contribution is 2.24. The summed E-state index contributed by atoms with van der Waals surface area (Å²) in [7, 11) is 0. The maximum Gasteiger partial charge on any atom is 0.321 e. The molecule has 0 unspecified atom stereocenters. The van der Waals surface area contributed by atoms with E-state index in [9.17, 15) is 19.2 Å². The molecule has 0 atom stereocenters. The highest BCUT2D eigenvalue weighted by molar-refractivity contribution is 5.91. The minimum atomic E-state index is -0.0335. The Morgan fingerprint density at radius 3 is 0.814 bits per heavy atom. The summed E-state index contributed by atoms with van der Waals surface area (Å²) in [6, 6.07) is 49.1. The molecule has 7 amide bonds. The fourth-order valence-electron chi connectivity index (χ4n) is 12.2. The van der Waals surface area contributed by atoms with Crippen LogP contribution in [-0.2, 0) is 11.2 Å². The van der Waals surface area contributed by atoms with Crippen LogP contribution in [0, 0.1) is 27.7 Å². The Morgan fingerprint density at radius 2 is 0.559 bits per heavy atom. The molecular formula is C83H111N15O4. The Hall–Kier alpha value is -10.0. The smallest absolute Gasteiger partial charge is 0.321 e. The molecule has 542 valence electrons. The molecule has 8 heterocycles. The summed E-state index contributed by atoms with van der Waals surface area (Å²) >= 11 is 0. The average Bonchev–Trinajstić information content (AvgIpc) is 1.00. The molecule has 4 aliphatic heterocycles. The number of benzene rings is 4. The van der Waals surface area contributed by atoms with Gasteiger partial charge in [0.25, 0.3) is 0 Å². The number of urea groups is 3. The number of nitrogens with one attached hydrogen (secondary N) is 3. The normalized spacial score (nSPS) is 14.7. The van der Waals surface area contributed by atoms with Crippen LogP contribution in [0.4, 0.5) is 54.7 Å². The molecule has 8 aromatic rings. The van der Waals surface area contributed by atoms with Gasteiger partial charge < -0.3 is 55.1 Å².